The van der Waals surface area contributed by atoms with Crippen molar-refractivity contribution in [3.8, 4) is 0 Å². The van der Waals surface area contributed by atoms with Crippen molar-refractivity contribution in [1.29, 1.82) is 0 Å². The molecule has 0 aliphatic carbocycles. The first-order valence-corrected chi connectivity index (χ1v) is 5.87. The number of rotatable bonds is 1. The molecule has 0 saturated carbocycles. The Kier molecular flexibility index (Phi) is 2.37. The van der Waals surface area contributed by atoms with E-state index >= 15 is 0 Å². The lowest BCUT2D eigenvalue weighted by atomic mass is 9.93. The van der Waals surface area contributed by atoms with Gasteiger partial charge in [0.1, 0.15) is 0 Å². The summed E-state index contributed by atoms with van der Waals surface area (Å²) >= 11 is 5.86. The van der Waals surface area contributed by atoms with Gasteiger partial charge >= 0.3 is 0 Å². The van der Waals surface area contributed by atoms with E-state index in [1.165, 1.54) is 0 Å². The van der Waals surface area contributed by atoms with Gasteiger partial charge in [0.2, 0.25) is 0 Å². The quantitative estimate of drug-likeness (QED) is 0.811. The number of oxime groups is 1. The third-order valence-corrected chi connectivity index (χ3v) is 3.47. The predicted octanol–water partition coefficient (Wildman–Crippen LogP) is 2.20. The Morgan fingerprint density at radius 2 is 2.12 bits per heavy atom. The molecule has 84 valence electrons. The summed E-state index contributed by atoms with van der Waals surface area (Å²) in [5, 5.41) is 8.27. The van der Waals surface area contributed by atoms with Gasteiger partial charge in [0.05, 0.1) is 5.71 Å². The molecule has 0 bridgehead atoms. The number of hydrogen-bond donors (Lipinski definition) is 1. The highest BCUT2D eigenvalue weighted by atomic mass is 35.5. The molecule has 1 saturated heterocycles. The van der Waals surface area contributed by atoms with Crippen molar-refractivity contribution in [1.82, 2.24) is 5.32 Å². The highest BCUT2D eigenvalue weighted by Gasteiger charge is 2.41. The van der Waals surface area contributed by atoms with Crippen LogP contribution < -0.4 is 5.32 Å². The van der Waals surface area contributed by atoms with Crippen LogP contribution in [0, 0.1) is 0 Å². The van der Waals surface area contributed by atoms with Crippen LogP contribution in [0.5, 0.6) is 0 Å². The molecule has 2 aliphatic heterocycles. The molecule has 3 nitrogen and oxygen atoms in total. The lowest BCUT2D eigenvalue weighted by molar-refractivity contribution is -0.00190. The first kappa shape index (κ1) is 10.1. The summed E-state index contributed by atoms with van der Waals surface area (Å²) in [6, 6.07) is 7.76. The minimum Gasteiger partial charge on any atom is -0.387 e. The molecule has 1 fully saturated rings. The number of hydrogen-bond acceptors (Lipinski definition) is 3. The molecule has 1 unspecified atom stereocenters. The third-order valence-electron chi connectivity index (χ3n) is 3.22. The van der Waals surface area contributed by atoms with Gasteiger partial charge in [-0.3, -0.25) is 0 Å². The second-order valence-corrected chi connectivity index (χ2v) is 4.86. The zero-order chi connectivity index (χ0) is 11.0. The molecule has 2 heterocycles. The van der Waals surface area contributed by atoms with E-state index in [0.29, 0.717) is 0 Å². The molecule has 2 aliphatic rings. The number of halogens is 1. The van der Waals surface area contributed by atoms with E-state index in [9.17, 15) is 0 Å². The molecule has 0 aromatic heterocycles. The molecule has 0 radical (unpaired) electrons. The van der Waals surface area contributed by atoms with Crippen molar-refractivity contribution in [2.75, 3.05) is 13.1 Å². The number of nitrogens with one attached hydrogen (secondary N) is 1. The normalized spacial score (nSPS) is 28.2. The van der Waals surface area contributed by atoms with Crippen molar-refractivity contribution >= 4 is 17.3 Å². The smallest absolute Gasteiger partial charge is 0.156 e. The Bertz CT molecular complexity index is 421. The topological polar surface area (TPSA) is 33.6 Å². The van der Waals surface area contributed by atoms with Crippen LogP contribution >= 0.6 is 11.6 Å². The van der Waals surface area contributed by atoms with Crippen molar-refractivity contribution in [3.05, 3.63) is 34.9 Å². The summed E-state index contributed by atoms with van der Waals surface area (Å²) < 4.78 is 0. The minimum atomic E-state index is -0.0883. The van der Waals surface area contributed by atoms with E-state index in [1.54, 1.807) is 0 Å². The average Bonchev–Trinajstić information content (AvgIpc) is 2.91. The molecule has 1 aromatic carbocycles. The van der Waals surface area contributed by atoms with Crippen LogP contribution in [-0.2, 0) is 4.84 Å². The summed E-state index contributed by atoms with van der Waals surface area (Å²) in [4.78, 5) is 5.59. The average molecular weight is 237 g/mol. The van der Waals surface area contributed by atoms with Gasteiger partial charge in [0.25, 0.3) is 0 Å². The fourth-order valence-electron chi connectivity index (χ4n) is 2.27. The maximum absolute atomic E-state index is 5.86. The Hall–Kier alpha value is -1.06. The number of benzene rings is 1. The zero-order valence-electron chi connectivity index (χ0n) is 8.87. The molecule has 1 spiro atoms. The molecule has 4 heteroatoms. The molecule has 1 N–H and O–H groups in total. The van der Waals surface area contributed by atoms with Gasteiger partial charge in [0.15, 0.2) is 5.60 Å². The van der Waals surface area contributed by atoms with Gasteiger partial charge < -0.3 is 10.2 Å². The van der Waals surface area contributed by atoms with Crippen LogP contribution in [0.4, 0.5) is 0 Å². The summed E-state index contributed by atoms with van der Waals surface area (Å²) in [6.45, 7) is 1.91. The Morgan fingerprint density at radius 3 is 2.81 bits per heavy atom. The Balaban J connectivity index is 1.80. The third kappa shape index (κ3) is 1.70. The van der Waals surface area contributed by atoms with E-state index in [4.69, 9.17) is 16.4 Å². The lowest BCUT2D eigenvalue weighted by Gasteiger charge is -2.18. The maximum atomic E-state index is 5.86. The molecule has 1 aromatic rings. The van der Waals surface area contributed by atoms with Gasteiger partial charge in [0, 0.05) is 24.4 Å². The van der Waals surface area contributed by atoms with Crippen molar-refractivity contribution in [2.24, 2.45) is 5.16 Å². The van der Waals surface area contributed by atoms with Crippen LogP contribution in [-0.4, -0.2) is 24.4 Å². The van der Waals surface area contributed by atoms with Gasteiger partial charge in [-0.1, -0.05) is 28.9 Å². The van der Waals surface area contributed by atoms with E-state index in [2.05, 4.69) is 10.5 Å². The van der Waals surface area contributed by atoms with Crippen LogP contribution in [0.25, 0.3) is 0 Å². The van der Waals surface area contributed by atoms with Gasteiger partial charge in [-0.15, -0.1) is 0 Å². The Morgan fingerprint density at radius 1 is 1.31 bits per heavy atom. The second kappa shape index (κ2) is 3.75. The monoisotopic (exact) mass is 236 g/mol. The van der Waals surface area contributed by atoms with E-state index in [-0.39, 0.29) is 5.60 Å². The first-order chi connectivity index (χ1) is 7.77. The van der Waals surface area contributed by atoms with E-state index in [1.807, 2.05) is 24.3 Å². The summed E-state index contributed by atoms with van der Waals surface area (Å²) in [7, 11) is 0. The predicted molar refractivity (Wildman–Crippen MR) is 63.9 cm³/mol. The fraction of sp³-hybridized carbons (Fsp3) is 0.417. The van der Waals surface area contributed by atoms with Gasteiger partial charge in [-0.05, 0) is 24.2 Å². The van der Waals surface area contributed by atoms with Crippen LogP contribution in [0.1, 0.15) is 18.4 Å². The minimum absolute atomic E-state index is 0.0883. The summed E-state index contributed by atoms with van der Waals surface area (Å²) in [5.41, 5.74) is 2.04. The van der Waals surface area contributed by atoms with Crippen LogP contribution in [0.15, 0.2) is 29.4 Å². The van der Waals surface area contributed by atoms with E-state index < -0.39 is 0 Å². The van der Waals surface area contributed by atoms with Crippen LogP contribution in [0.2, 0.25) is 5.02 Å². The fourth-order valence-corrected chi connectivity index (χ4v) is 2.39. The van der Waals surface area contributed by atoms with Crippen molar-refractivity contribution in [3.63, 3.8) is 0 Å². The maximum Gasteiger partial charge on any atom is 0.156 e. The largest absolute Gasteiger partial charge is 0.387 e. The molecule has 0 amide bonds. The van der Waals surface area contributed by atoms with Crippen molar-refractivity contribution < 1.29 is 4.84 Å². The van der Waals surface area contributed by atoms with E-state index in [0.717, 1.165) is 42.2 Å². The molecule has 3 rings (SSSR count). The standard InChI is InChI=1S/C12H13ClN2O/c13-10-3-1-9(2-4-10)11-7-12(16-15-11)5-6-14-8-12/h1-4,14H,5-8H2. The van der Waals surface area contributed by atoms with Gasteiger partial charge in [-0.25, -0.2) is 0 Å². The zero-order valence-corrected chi connectivity index (χ0v) is 9.63. The molecule has 1 atom stereocenters. The highest BCUT2D eigenvalue weighted by Crippen LogP contribution is 2.32. The van der Waals surface area contributed by atoms with Gasteiger partial charge in [-0.2, -0.15) is 0 Å². The molecular weight excluding hydrogens is 224 g/mol. The first-order valence-electron chi connectivity index (χ1n) is 5.49. The highest BCUT2D eigenvalue weighted by molar-refractivity contribution is 6.30. The summed E-state index contributed by atoms with van der Waals surface area (Å²) in [5.74, 6) is 0. The second-order valence-electron chi connectivity index (χ2n) is 4.42. The number of nitrogens with zero attached hydrogens (tertiary/aromatic N) is 1. The molecule has 16 heavy (non-hydrogen) atoms. The summed E-state index contributed by atoms with van der Waals surface area (Å²) in [6.07, 6.45) is 1.93. The van der Waals surface area contributed by atoms with Crippen molar-refractivity contribution in [2.45, 2.75) is 18.4 Å². The molecular formula is C12H13ClN2O. The lowest BCUT2D eigenvalue weighted by Crippen LogP contribution is -2.31. The van der Waals surface area contributed by atoms with Crippen LogP contribution in [0.3, 0.4) is 0 Å². The SMILES string of the molecule is Clc1ccc(C2=NOC3(CCNC3)C2)cc1. The Labute approximate surface area is 99.4 Å².